The van der Waals surface area contributed by atoms with E-state index in [-0.39, 0.29) is 11.6 Å². The summed E-state index contributed by atoms with van der Waals surface area (Å²) in [5, 5.41) is 6.73. The van der Waals surface area contributed by atoms with Crippen LogP contribution in [0, 0.1) is 11.7 Å². The lowest BCUT2D eigenvalue weighted by atomic mass is 10.0. The molecule has 28 heavy (non-hydrogen) atoms. The predicted octanol–water partition coefficient (Wildman–Crippen LogP) is 2.64. The second kappa shape index (κ2) is 11.9. The number of hydrogen-bond donors (Lipinski definition) is 2. The van der Waals surface area contributed by atoms with Crippen LogP contribution in [0.25, 0.3) is 0 Å². The molecule has 1 saturated heterocycles. The Hall–Kier alpha value is -1.86. The number of rotatable bonds is 9. The minimum Gasteiger partial charge on any atom is -0.491 e. The van der Waals surface area contributed by atoms with E-state index < -0.39 is 0 Å². The number of morpholine rings is 1. The molecule has 0 amide bonds. The van der Waals surface area contributed by atoms with Crippen LogP contribution in [0.1, 0.15) is 33.3 Å². The smallest absolute Gasteiger partial charge is 0.191 e. The van der Waals surface area contributed by atoms with Gasteiger partial charge in [-0.2, -0.15) is 0 Å². The topological polar surface area (TPSA) is 58.1 Å². The van der Waals surface area contributed by atoms with Crippen molar-refractivity contribution in [2.24, 2.45) is 10.9 Å². The fourth-order valence-electron chi connectivity index (χ4n) is 3.32. The minimum absolute atomic E-state index is 0.283. The molecule has 0 spiro atoms. The van der Waals surface area contributed by atoms with Crippen LogP contribution in [0.3, 0.4) is 0 Å². The van der Waals surface area contributed by atoms with Gasteiger partial charge < -0.3 is 20.1 Å². The molecule has 7 heteroatoms. The van der Waals surface area contributed by atoms with Crippen LogP contribution < -0.4 is 15.4 Å². The summed E-state index contributed by atoms with van der Waals surface area (Å²) >= 11 is 0. The van der Waals surface area contributed by atoms with E-state index in [1.807, 2.05) is 19.9 Å². The molecule has 1 heterocycles. The predicted molar refractivity (Wildman–Crippen MR) is 111 cm³/mol. The van der Waals surface area contributed by atoms with Gasteiger partial charge in [0.05, 0.1) is 26.4 Å². The van der Waals surface area contributed by atoms with Gasteiger partial charge in [0.1, 0.15) is 0 Å². The third kappa shape index (κ3) is 6.95. The number of nitrogens with one attached hydrogen (secondary N) is 2. The van der Waals surface area contributed by atoms with Crippen molar-refractivity contribution in [3.8, 4) is 5.75 Å². The maximum atomic E-state index is 14.0. The highest BCUT2D eigenvalue weighted by molar-refractivity contribution is 5.79. The van der Waals surface area contributed by atoms with Gasteiger partial charge in [-0.1, -0.05) is 19.9 Å². The molecule has 1 aromatic rings. The highest BCUT2D eigenvalue weighted by atomic mass is 19.1. The van der Waals surface area contributed by atoms with Crippen molar-refractivity contribution in [3.05, 3.63) is 29.6 Å². The molecule has 0 bridgehead atoms. The fraction of sp³-hybridized carbons (Fsp3) is 0.667. The fourth-order valence-corrected chi connectivity index (χ4v) is 3.32. The lowest BCUT2D eigenvalue weighted by Crippen LogP contribution is -2.52. The molecule has 0 saturated carbocycles. The highest BCUT2D eigenvalue weighted by Gasteiger charge is 2.23. The molecule has 1 aliphatic rings. The summed E-state index contributed by atoms with van der Waals surface area (Å²) in [7, 11) is 0. The Morgan fingerprint density at radius 3 is 2.61 bits per heavy atom. The molecule has 1 unspecified atom stereocenters. The molecule has 2 N–H and O–H groups in total. The van der Waals surface area contributed by atoms with Crippen LogP contribution in [0.5, 0.6) is 5.75 Å². The first-order valence-corrected chi connectivity index (χ1v) is 10.3. The molecule has 158 valence electrons. The number of benzene rings is 1. The van der Waals surface area contributed by atoms with Gasteiger partial charge in [-0.3, -0.25) is 4.90 Å². The van der Waals surface area contributed by atoms with Crippen molar-refractivity contribution in [1.82, 2.24) is 15.5 Å². The first-order valence-electron chi connectivity index (χ1n) is 10.3. The Kier molecular flexibility index (Phi) is 9.50. The van der Waals surface area contributed by atoms with Gasteiger partial charge in [0.25, 0.3) is 0 Å². The number of nitrogens with zero attached hydrogens (tertiary/aromatic N) is 2. The first-order chi connectivity index (χ1) is 13.5. The third-order valence-corrected chi connectivity index (χ3v) is 4.82. The number of aliphatic imine (C=N–C) groups is 1. The Morgan fingerprint density at radius 1 is 1.25 bits per heavy atom. The molecule has 0 aromatic heterocycles. The van der Waals surface area contributed by atoms with E-state index in [4.69, 9.17) is 9.47 Å². The lowest BCUT2D eigenvalue weighted by Gasteiger charge is -2.37. The van der Waals surface area contributed by atoms with Crippen LogP contribution in [-0.4, -0.2) is 62.9 Å². The van der Waals surface area contributed by atoms with Gasteiger partial charge in [-0.25, -0.2) is 9.38 Å². The van der Waals surface area contributed by atoms with Crippen molar-refractivity contribution >= 4 is 5.96 Å². The van der Waals surface area contributed by atoms with E-state index in [1.165, 1.54) is 6.07 Å². The summed E-state index contributed by atoms with van der Waals surface area (Å²) in [6, 6.07) is 5.42. The monoisotopic (exact) mass is 394 g/mol. The van der Waals surface area contributed by atoms with Crippen molar-refractivity contribution < 1.29 is 13.9 Å². The molecule has 1 fully saturated rings. The van der Waals surface area contributed by atoms with E-state index in [2.05, 4.69) is 34.4 Å². The summed E-state index contributed by atoms with van der Waals surface area (Å²) in [5.41, 5.74) is 0.812. The summed E-state index contributed by atoms with van der Waals surface area (Å²) in [6.07, 6.45) is 0. The van der Waals surface area contributed by atoms with Crippen LogP contribution >= 0.6 is 0 Å². The zero-order valence-corrected chi connectivity index (χ0v) is 17.6. The minimum atomic E-state index is -0.348. The zero-order valence-electron chi connectivity index (χ0n) is 17.6. The van der Waals surface area contributed by atoms with Crippen molar-refractivity contribution in [1.29, 1.82) is 0 Å². The van der Waals surface area contributed by atoms with Gasteiger partial charge in [0.15, 0.2) is 17.5 Å². The summed E-state index contributed by atoms with van der Waals surface area (Å²) < 4.78 is 24.8. The van der Waals surface area contributed by atoms with Crippen LogP contribution in [0.2, 0.25) is 0 Å². The molecule has 2 rings (SSSR count). The van der Waals surface area contributed by atoms with Gasteiger partial charge >= 0.3 is 0 Å². The molecule has 1 aromatic carbocycles. The maximum Gasteiger partial charge on any atom is 0.191 e. The Labute approximate surface area is 168 Å². The summed E-state index contributed by atoms with van der Waals surface area (Å²) in [5.74, 6) is 1.20. The normalized spacial score (nSPS) is 16.9. The van der Waals surface area contributed by atoms with Gasteiger partial charge in [0, 0.05) is 32.2 Å². The molecule has 0 radical (unpaired) electrons. The Bertz CT molecular complexity index is 618. The quantitative estimate of drug-likeness (QED) is 0.498. The molecular weight excluding hydrogens is 359 g/mol. The largest absolute Gasteiger partial charge is 0.491 e. The summed E-state index contributed by atoms with van der Waals surface area (Å²) in [6.45, 7) is 14.3. The molecule has 0 aliphatic carbocycles. The third-order valence-electron chi connectivity index (χ3n) is 4.82. The lowest BCUT2D eigenvalue weighted by molar-refractivity contribution is 0.00752. The van der Waals surface area contributed by atoms with Crippen LogP contribution in [0.15, 0.2) is 23.2 Å². The number of guanidine groups is 1. The molecule has 1 atom stereocenters. The van der Waals surface area contributed by atoms with E-state index >= 15 is 0 Å². The summed E-state index contributed by atoms with van der Waals surface area (Å²) in [4.78, 5) is 7.10. The van der Waals surface area contributed by atoms with Crippen LogP contribution in [-0.2, 0) is 11.3 Å². The SMILES string of the molecule is CCNC(=NCc1ccc(OCC)c(F)c1)NCC(C(C)C)N1CCOCC1. The van der Waals surface area contributed by atoms with E-state index in [0.717, 1.165) is 50.9 Å². The number of halogens is 1. The highest BCUT2D eigenvalue weighted by Crippen LogP contribution is 2.18. The van der Waals surface area contributed by atoms with Crippen molar-refractivity contribution in [2.75, 3.05) is 46.0 Å². The van der Waals surface area contributed by atoms with E-state index in [1.54, 1.807) is 6.07 Å². The van der Waals surface area contributed by atoms with Crippen molar-refractivity contribution in [3.63, 3.8) is 0 Å². The van der Waals surface area contributed by atoms with Crippen molar-refractivity contribution in [2.45, 2.75) is 40.3 Å². The molecular formula is C21H35FN4O2. The average molecular weight is 395 g/mol. The standard InChI is InChI=1S/C21H35FN4O2/c1-5-23-21(24-14-17-7-8-20(28-6-2)18(22)13-17)25-15-19(16(3)4)26-9-11-27-12-10-26/h7-8,13,16,19H,5-6,9-12,14-15H2,1-4H3,(H2,23,24,25). The number of ether oxygens (including phenoxy) is 2. The van der Waals surface area contributed by atoms with Crippen LogP contribution in [0.4, 0.5) is 4.39 Å². The average Bonchev–Trinajstić information content (AvgIpc) is 2.69. The first kappa shape index (κ1) is 22.4. The molecule has 1 aliphatic heterocycles. The Balaban J connectivity index is 1.98. The molecule has 6 nitrogen and oxygen atoms in total. The van der Waals surface area contributed by atoms with Gasteiger partial charge in [-0.05, 0) is 37.5 Å². The Morgan fingerprint density at radius 2 is 2.00 bits per heavy atom. The zero-order chi connectivity index (χ0) is 20.4. The van der Waals surface area contributed by atoms with Gasteiger partial charge in [0.2, 0.25) is 0 Å². The van der Waals surface area contributed by atoms with E-state index in [0.29, 0.717) is 25.1 Å². The second-order valence-electron chi connectivity index (χ2n) is 7.23. The number of hydrogen-bond acceptors (Lipinski definition) is 4. The second-order valence-corrected chi connectivity index (χ2v) is 7.23. The van der Waals surface area contributed by atoms with Gasteiger partial charge in [-0.15, -0.1) is 0 Å². The maximum absolute atomic E-state index is 14.0. The van der Waals surface area contributed by atoms with E-state index in [9.17, 15) is 4.39 Å².